The first kappa shape index (κ1) is 23.5. The molecule has 6 nitrogen and oxygen atoms in total. The van der Waals surface area contributed by atoms with Gasteiger partial charge in [-0.25, -0.2) is 10.2 Å². The Morgan fingerprint density at radius 3 is 2.42 bits per heavy atom. The van der Waals surface area contributed by atoms with Crippen molar-refractivity contribution < 1.29 is 19.1 Å². The highest BCUT2D eigenvalue weighted by Crippen LogP contribution is 2.35. The minimum absolute atomic E-state index is 0.166. The molecule has 1 N–H and O–H groups in total. The molecule has 0 aliphatic carbocycles. The van der Waals surface area contributed by atoms with Gasteiger partial charge < -0.3 is 9.47 Å². The summed E-state index contributed by atoms with van der Waals surface area (Å²) in [7, 11) is 0. The third-order valence-electron chi connectivity index (χ3n) is 5.32. The summed E-state index contributed by atoms with van der Waals surface area (Å²) in [6.07, 6.45) is 1.49. The van der Waals surface area contributed by atoms with Crippen molar-refractivity contribution in [2.24, 2.45) is 5.10 Å². The average Bonchev–Trinajstić information content (AvgIpc) is 3.25. The van der Waals surface area contributed by atoms with E-state index in [2.05, 4.69) is 10.5 Å². The number of esters is 1. The highest BCUT2D eigenvalue weighted by Gasteiger charge is 2.18. The van der Waals surface area contributed by atoms with E-state index in [4.69, 9.17) is 21.1 Å². The van der Waals surface area contributed by atoms with E-state index >= 15 is 0 Å². The molecule has 0 bridgehead atoms. The van der Waals surface area contributed by atoms with E-state index in [9.17, 15) is 9.59 Å². The highest BCUT2D eigenvalue weighted by atomic mass is 35.5. The summed E-state index contributed by atoms with van der Waals surface area (Å²) in [4.78, 5) is 25.1. The Morgan fingerprint density at radius 1 is 0.889 bits per heavy atom. The second kappa shape index (κ2) is 10.6. The molecule has 0 atom stereocenters. The molecule has 1 heterocycles. The van der Waals surface area contributed by atoms with Crippen LogP contribution in [0.3, 0.4) is 0 Å². The highest BCUT2D eigenvalue weighted by molar-refractivity contribution is 7.21. The third kappa shape index (κ3) is 5.22. The van der Waals surface area contributed by atoms with Crippen molar-refractivity contribution in [3.05, 3.63) is 106 Å². The minimum Gasteiger partial charge on any atom is -0.483 e. The van der Waals surface area contributed by atoms with Crippen LogP contribution in [0.15, 0.2) is 96.1 Å². The summed E-state index contributed by atoms with van der Waals surface area (Å²) >= 11 is 7.65. The van der Waals surface area contributed by atoms with Gasteiger partial charge in [0, 0.05) is 15.5 Å². The number of hydrogen-bond donors (Lipinski definition) is 1. The van der Waals surface area contributed by atoms with Gasteiger partial charge in [0.1, 0.15) is 16.4 Å². The molecule has 0 fully saturated rings. The first-order chi connectivity index (χ1) is 17.6. The zero-order valence-electron chi connectivity index (χ0n) is 18.8. The molecule has 0 saturated carbocycles. The van der Waals surface area contributed by atoms with Gasteiger partial charge in [-0.15, -0.1) is 11.3 Å². The van der Waals surface area contributed by atoms with Crippen LogP contribution in [0, 0.1) is 0 Å². The van der Waals surface area contributed by atoms with Crippen LogP contribution in [-0.2, 0) is 4.79 Å². The number of rotatable bonds is 7. The van der Waals surface area contributed by atoms with E-state index in [1.165, 1.54) is 17.6 Å². The van der Waals surface area contributed by atoms with E-state index in [-0.39, 0.29) is 12.5 Å². The first-order valence-corrected chi connectivity index (χ1v) is 12.2. The predicted molar refractivity (Wildman–Crippen MR) is 143 cm³/mol. The number of halogens is 1. The van der Waals surface area contributed by atoms with Gasteiger partial charge in [0.25, 0.3) is 5.91 Å². The maximum absolute atomic E-state index is 12.6. The number of carbonyl (C=O) groups excluding carboxylic acids is 2. The van der Waals surface area contributed by atoms with Crippen LogP contribution < -0.4 is 14.9 Å². The van der Waals surface area contributed by atoms with Gasteiger partial charge in [0.05, 0.1) is 11.2 Å². The lowest BCUT2D eigenvalue weighted by atomic mass is 10.1. The van der Waals surface area contributed by atoms with Crippen LogP contribution >= 0.6 is 22.9 Å². The Kier molecular flexibility index (Phi) is 6.93. The molecular weight excluding hydrogens is 496 g/mol. The second-order valence-electron chi connectivity index (χ2n) is 7.76. The van der Waals surface area contributed by atoms with Crippen molar-refractivity contribution in [3.63, 3.8) is 0 Å². The lowest BCUT2D eigenvalue weighted by molar-refractivity contribution is -0.123. The van der Waals surface area contributed by atoms with Crippen molar-refractivity contribution in [2.75, 3.05) is 6.61 Å². The lowest BCUT2D eigenvalue weighted by Gasteiger charge is -2.08. The van der Waals surface area contributed by atoms with Crippen molar-refractivity contribution in [2.45, 2.75) is 0 Å². The van der Waals surface area contributed by atoms with E-state index in [1.807, 2.05) is 66.7 Å². The van der Waals surface area contributed by atoms with E-state index < -0.39 is 5.97 Å². The quantitative estimate of drug-likeness (QED) is 0.117. The van der Waals surface area contributed by atoms with E-state index in [1.54, 1.807) is 24.3 Å². The fourth-order valence-electron chi connectivity index (χ4n) is 3.60. The van der Waals surface area contributed by atoms with Crippen LogP contribution in [0.25, 0.3) is 20.9 Å². The van der Waals surface area contributed by atoms with E-state index in [0.717, 1.165) is 20.9 Å². The zero-order valence-corrected chi connectivity index (χ0v) is 20.4. The minimum atomic E-state index is -0.513. The molecule has 8 heteroatoms. The van der Waals surface area contributed by atoms with Crippen LogP contribution in [0.5, 0.6) is 11.5 Å². The van der Waals surface area contributed by atoms with Crippen molar-refractivity contribution in [3.8, 4) is 11.5 Å². The maximum atomic E-state index is 12.6. The number of hydrazone groups is 1. The van der Waals surface area contributed by atoms with Crippen LogP contribution in [0.4, 0.5) is 0 Å². The average molecular weight is 515 g/mol. The fourth-order valence-corrected chi connectivity index (χ4v) is 4.98. The standard InChI is InChI=1S/C28H19ClN2O4S/c29-26-22-9-3-4-11-24(22)36-27(26)28(33)35-20-14-12-18(13-15-20)16-30-31-25(32)17-34-23-10-5-7-19-6-1-2-8-21(19)23/h1-16H,17H2,(H,31,32)/b30-16+. The van der Waals surface area contributed by atoms with Crippen molar-refractivity contribution >= 4 is 61.9 Å². The van der Waals surface area contributed by atoms with Gasteiger partial charge >= 0.3 is 5.97 Å². The molecule has 1 aromatic heterocycles. The predicted octanol–water partition coefficient (Wildman–Crippen LogP) is 6.46. The number of nitrogens with one attached hydrogen (secondary N) is 1. The number of benzene rings is 4. The normalized spacial score (nSPS) is 11.1. The number of hydrogen-bond acceptors (Lipinski definition) is 6. The Morgan fingerprint density at radius 2 is 1.61 bits per heavy atom. The first-order valence-electron chi connectivity index (χ1n) is 11.0. The molecule has 5 aromatic rings. The third-order valence-corrected chi connectivity index (χ3v) is 6.98. The molecular formula is C28H19ClN2O4S. The lowest BCUT2D eigenvalue weighted by Crippen LogP contribution is -2.24. The fraction of sp³-hybridized carbons (Fsp3) is 0.0357. The van der Waals surface area contributed by atoms with Gasteiger partial charge in [0.2, 0.25) is 0 Å². The largest absolute Gasteiger partial charge is 0.483 e. The van der Waals surface area contributed by atoms with Crippen LogP contribution in [-0.4, -0.2) is 24.7 Å². The van der Waals surface area contributed by atoms with Crippen LogP contribution in [0.1, 0.15) is 15.2 Å². The number of thiophene rings is 1. The SMILES string of the molecule is O=C(COc1cccc2ccccc12)N/N=C/c1ccc(OC(=O)c2sc3ccccc3c2Cl)cc1. The molecule has 4 aromatic carbocycles. The van der Waals surface area contributed by atoms with Crippen LogP contribution in [0.2, 0.25) is 5.02 Å². The molecule has 178 valence electrons. The number of amides is 1. The molecule has 5 rings (SSSR count). The Labute approximate surface area is 215 Å². The van der Waals surface area contributed by atoms with Crippen molar-refractivity contribution in [1.29, 1.82) is 0 Å². The van der Waals surface area contributed by atoms with Gasteiger partial charge in [-0.2, -0.15) is 5.10 Å². The maximum Gasteiger partial charge on any atom is 0.355 e. The summed E-state index contributed by atoms with van der Waals surface area (Å²) < 4.78 is 12.0. The monoisotopic (exact) mass is 514 g/mol. The Bertz CT molecular complexity index is 1590. The van der Waals surface area contributed by atoms with Gasteiger partial charge in [-0.1, -0.05) is 66.2 Å². The number of ether oxygens (including phenoxy) is 2. The summed E-state index contributed by atoms with van der Waals surface area (Å²) in [5.41, 5.74) is 3.16. The Hall–Kier alpha value is -4.20. The molecule has 0 radical (unpaired) electrons. The molecule has 0 unspecified atom stereocenters. The molecule has 0 aliphatic rings. The van der Waals surface area contributed by atoms with Gasteiger partial charge in [-0.3, -0.25) is 4.79 Å². The van der Waals surface area contributed by atoms with E-state index in [0.29, 0.717) is 27.0 Å². The molecule has 1 amide bonds. The van der Waals surface area contributed by atoms with Crippen molar-refractivity contribution in [1.82, 2.24) is 5.43 Å². The smallest absolute Gasteiger partial charge is 0.355 e. The summed E-state index contributed by atoms with van der Waals surface area (Å²) in [5.74, 6) is 0.110. The second-order valence-corrected chi connectivity index (χ2v) is 9.19. The zero-order chi connectivity index (χ0) is 24.9. The van der Waals surface area contributed by atoms with Gasteiger partial charge in [0.15, 0.2) is 6.61 Å². The molecule has 0 aliphatic heterocycles. The number of fused-ring (bicyclic) bond motifs is 2. The molecule has 0 saturated heterocycles. The summed E-state index contributed by atoms with van der Waals surface area (Å²) in [6.45, 7) is -0.166. The summed E-state index contributed by atoms with van der Waals surface area (Å²) in [5, 5.41) is 7.15. The number of nitrogens with zero attached hydrogens (tertiary/aromatic N) is 1. The van der Waals surface area contributed by atoms with Gasteiger partial charge in [-0.05, 0) is 47.3 Å². The Balaban J connectivity index is 1.14. The molecule has 0 spiro atoms. The molecule has 36 heavy (non-hydrogen) atoms. The topological polar surface area (TPSA) is 77.0 Å². The summed E-state index contributed by atoms with van der Waals surface area (Å²) in [6, 6.07) is 27.8. The number of carbonyl (C=O) groups is 2.